The summed E-state index contributed by atoms with van der Waals surface area (Å²) in [4.78, 5) is 38.6. The quantitative estimate of drug-likeness (QED) is 0.608. The second-order valence-corrected chi connectivity index (χ2v) is 3.46. The molecule has 90 valence electrons. The van der Waals surface area contributed by atoms with Gasteiger partial charge in [-0.05, 0) is 12.8 Å². The summed E-state index contributed by atoms with van der Waals surface area (Å²) in [5.41, 5.74) is 0. The van der Waals surface area contributed by atoms with Gasteiger partial charge in [0, 0.05) is 33.0 Å². The second-order valence-electron chi connectivity index (χ2n) is 3.46. The van der Waals surface area contributed by atoms with Crippen molar-refractivity contribution >= 4 is 18.0 Å². The highest BCUT2D eigenvalue weighted by Crippen LogP contribution is 2.04. The summed E-state index contributed by atoms with van der Waals surface area (Å²) < 4.78 is 0. The molecular formula is C10H16N2O4. The summed E-state index contributed by atoms with van der Waals surface area (Å²) in [7, 11) is 1.84. The van der Waals surface area contributed by atoms with Crippen LogP contribution in [-0.4, -0.2) is 43.0 Å². The molecule has 1 N–H and O–H groups in total. The standard InChI is InChI=1S/C5H9NO.C4H7NO.CO2/c1-6-4-2-3-5(6)7;6-4-2-1-3-5-4;2-1-3/h2-4H2,1H3;1-3H2,(H,5,6);. The van der Waals surface area contributed by atoms with Crippen LogP contribution in [0.1, 0.15) is 25.7 Å². The molecule has 2 amide bonds. The van der Waals surface area contributed by atoms with Crippen LogP contribution in [0, 0.1) is 0 Å². The predicted octanol–water partition coefficient (Wildman–Crippen LogP) is -0.448. The summed E-state index contributed by atoms with van der Waals surface area (Å²) in [6.07, 6.45) is 3.82. The van der Waals surface area contributed by atoms with Gasteiger partial charge in [-0.15, -0.1) is 0 Å². The zero-order valence-corrected chi connectivity index (χ0v) is 9.32. The molecule has 0 bridgehead atoms. The van der Waals surface area contributed by atoms with Crippen LogP contribution in [0.2, 0.25) is 0 Å². The molecule has 0 aromatic carbocycles. The maximum absolute atomic E-state index is 10.5. The molecule has 2 rings (SSSR count). The van der Waals surface area contributed by atoms with Crippen molar-refractivity contribution in [1.29, 1.82) is 0 Å². The number of amides is 2. The molecule has 0 radical (unpaired) electrons. The first-order valence-electron chi connectivity index (χ1n) is 5.11. The molecule has 0 spiro atoms. The molecule has 2 heterocycles. The van der Waals surface area contributed by atoms with E-state index in [4.69, 9.17) is 9.59 Å². The van der Waals surface area contributed by atoms with E-state index in [0.29, 0.717) is 5.91 Å². The SMILES string of the molecule is CN1CCCC1=O.O=C1CCCN1.O=C=O. The van der Waals surface area contributed by atoms with Crippen molar-refractivity contribution in [2.24, 2.45) is 0 Å². The Kier molecular flexibility index (Phi) is 7.71. The van der Waals surface area contributed by atoms with E-state index in [1.54, 1.807) is 4.90 Å². The van der Waals surface area contributed by atoms with Crippen LogP contribution in [-0.2, 0) is 19.2 Å². The molecule has 0 atom stereocenters. The van der Waals surface area contributed by atoms with E-state index < -0.39 is 0 Å². The smallest absolute Gasteiger partial charge is 0.356 e. The van der Waals surface area contributed by atoms with E-state index in [2.05, 4.69) is 5.32 Å². The lowest BCUT2D eigenvalue weighted by atomic mass is 10.4. The number of likely N-dealkylation sites (tertiary alicyclic amines) is 1. The van der Waals surface area contributed by atoms with Crippen LogP contribution in [0.5, 0.6) is 0 Å². The zero-order valence-electron chi connectivity index (χ0n) is 9.32. The van der Waals surface area contributed by atoms with Gasteiger partial charge in [0.2, 0.25) is 11.8 Å². The van der Waals surface area contributed by atoms with Crippen molar-refractivity contribution < 1.29 is 19.2 Å². The van der Waals surface area contributed by atoms with Crippen molar-refractivity contribution in [3.8, 4) is 0 Å². The van der Waals surface area contributed by atoms with E-state index in [-0.39, 0.29) is 12.1 Å². The largest absolute Gasteiger partial charge is 0.373 e. The zero-order chi connectivity index (χ0) is 12.4. The van der Waals surface area contributed by atoms with Gasteiger partial charge in [-0.3, -0.25) is 9.59 Å². The lowest BCUT2D eigenvalue weighted by Crippen LogP contribution is -2.17. The highest BCUT2D eigenvalue weighted by atomic mass is 16.2. The lowest BCUT2D eigenvalue weighted by Gasteiger charge is -2.03. The highest BCUT2D eigenvalue weighted by Gasteiger charge is 2.14. The number of carbonyl (C=O) groups excluding carboxylic acids is 4. The van der Waals surface area contributed by atoms with Crippen LogP contribution in [0.3, 0.4) is 0 Å². The number of nitrogens with zero attached hydrogens (tertiary/aromatic N) is 1. The van der Waals surface area contributed by atoms with Gasteiger partial charge < -0.3 is 10.2 Å². The molecule has 2 aliphatic rings. The Morgan fingerprint density at radius 2 is 1.81 bits per heavy atom. The van der Waals surface area contributed by atoms with Crippen LogP contribution < -0.4 is 5.32 Å². The fourth-order valence-corrected chi connectivity index (χ4v) is 1.35. The Hall–Kier alpha value is -1.68. The third kappa shape index (κ3) is 6.73. The van der Waals surface area contributed by atoms with E-state index in [1.807, 2.05) is 7.05 Å². The molecule has 6 nitrogen and oxygen atoms in total. The average Bonchev–Trinajstić information content (AvgIpc) is 2.83. The third-order valence-corrected chi connectivity index (χ3v) is 2.21. The highest BCUT2D eigenvalue weighted by molar-refractivity contribution is 5.77. The Labute approximate surface area is 94.0 Å². The molecule has 16 heavy (non-hydrogen) atoms. The molecule has 0 saturated carbocycles. The normalized spacial score (nSPS) is 17.7. The Morgan fingerprint density at radius 1 is 1.19 bits per heavy atom. The monoisotopic (exact) mass is 228 g/mol. The molecule has 2 saturated heterocycles. The lowest BCUT2D eigenvalue weighted by molar-refractivity contribution is -0.191. The Bertz CT molecular complexity index is 264. The number of carbonyl (C=O) groups is 2. The maximum atomic E-state index is 10.5. The topological polar surface area (TPSA) is 83.6 Å². The molecule has 0 aromatic heterocycles. The molecule has 0 unspecified atom stereocenters. The number of nitrogens with one attached hydrogen (secondary N) is 1. The first-order valence-corrected chi connectivity index (χ1v) is 5.11. The van der Waals surface area contributed by atoms with E-state index in [0.717, 1.165) is 38.8 Å². The van der Waals surface area contributed by atoms with Crippen LogP contribution in [0.4, 0.5) is 0 Å². The third-order valence-electron chi connectivity index (χ3n) is 2.21. The molecular weight excluding hydrogens is 212 g/mol. The average molecular weight is 228 g/mol. The summed E-state index contributed by atoms with van der Waals surface area (Å²) in [6, 6.07) is 0. The minimum atomic E-state index is 0.204. The van der Waals surface area contributed by atoms with Gasteiger partial charge in [-0.25, -0.2) is 0 Å². The van der Waals surface area contributed by atoms with Gasteiger partial charge in [0.1, 0.15) is 0 Å². The predicted molar refractivity (Wildman–Crippen MR) is 54.1 cm³/mol. The van der Waals surface area contributed by atoms with Crippen LogP contribution >= 0.6 is 0 Å². The van der Waals surface area contributed by atoms with E-state index in [9.17, 15) is 9.59 Å². The van der Waals surface area contributed by atoms with Crippen molar-refractivity contribution in [3.63, 3.8) is 0 Å². The van der Waals surface area contributed by atoms with Crippen molar-refractivity contribution in [1.82, 2.24) is 10.2 Å². The van der Waals surface area contributed by atoms with Gasteiger partial charge >= 0.3 is 6.15 Å². The van der Waals surface area contributed by atoms with Gasteiger partial charge in [0.25, 0.3) is 0 Å². The Morgan fingerprint density at radius 3 is 1.94 bits per heavy atom. The van der Waals surface area contributed by atoms with Crippen LogP contribution in [0.15, 0.2) is 0 Å². The van der Waals surface area contributed by atoms with Crippen LogP contribution in [0.25, 0.3) is 0 Å². The van der Waals surface area contributed by atoms with Gasteiger partial charge in [-0.1, -0.05) is 0 Å². The molecule has 2 fully saturated rings. The Balaban J connectivity index is 0.000000230. The first kappa shape index (κ1) is 14.3. The summed E-state index contributed by atoms with van der Waals surface area (Å²) in [5.74, 6) is 0.495. The van der Waals surface area contributed by atoms with E-state index >= 15 is 0 Å². The second kappa shape index (κ2) is 8.61. The number of rotatable bonds is 0. The van der Waals surface area contributed by atoms with Gasteiger partial charge in [-0.2, -0.15) is 9.59 Å². The number of hydrogen-bond acceptors (Lipinski definition) is 4. The number of hydrogen-bond donors (Lipinski definition) is 1. The van der Waals surface area contributed by atoms with Crippen molar-refractivity contribution in [3.05, 3.63) is 0 Å². The van der Waals surface area contributed by atoms with Gasteiger partial charge in [0.05, 0.1) is 0 Å². The minimum Gasteiger partial charge on any atom is -0.356 e. The molecule has 0 aliphatic carbocycles. The summed E-state index contributed by atoms with van der Waals surface area (Å²) >= 11 is 0. The van der Waals surface area contributed by atoms with E-state index in [1.165, 1.54) is 0 Å². The molecule has 0 aromatic rings. The fourth-order valence-electron chi connectivity index (χ4n) is 1.35. The first-order chi connectivity index (χ1) is 7.61. The minimum absolute atomic E-state index is 0.204. The van der Waals surface area contributed by atoms with Gasteiger partial charge in [0.15, 0.2) is 0 Å². The van der Waals surface area contributed by atoms with Crippen molar-refractivity contribution in [2.45, 2.75) is 25.7 Å². The molecule has 2 aliphatic heterocycles. The van der Waals surface area contributed by atoms with Crippen molar-refractivity contribution in [2.75, 3.05) is 20.1 Å². The molecule has 6 heteroatoms. The fraction of sp³-hybridized carbons (Fsp3) is 0.700. The summed E-state index contributed by atoms with van der Waals surface area (Å²) in [5, 5.41) is 2.68. The maximum Gasteiger partial charge on any atom is 0.373 e. The summed E-state index contributed by atoms with van der Waals surface area (Å²) in [6.45, 7) is 1.84.